The van der Waals surface area contributed by atoms with Crippen LogP contribution in [0.15, 0.2) is 36.5 Å². The number of carbonyl (C=O) groups is 3. The first-order chi connectivity index (χ1) is 12.7. The topological polar surface area (TPSA) is 91.4 Å². The van der Waals surface area contributed by atoms with Gasteiger partial charge in [-0.25, -0.2) is 9.78 Å². The highest BCUT2D eigenvalue weighted by Crippen LogP contribution is 2.33. The fourth-order valence-electron chi connectivity index (χ4n) is 2.66. The number of aromatic nitrogens is 1. The monoisotopic (exact) mass is 426 g/mol. The molecule has 1 aromatic heterocycles. The van der Waals surface area contributed by atoms with Crippen LogP contribution < -0.4 is 10.6 Å². The average molecular weight is 428 g/mol. The number of halogens is 3. The molecule has 10 heteroatoms. The van der Waals surface area contributed by atoms with E-state index in [1.807, 2.05) is 0 Å². The summed E-state index contributed by atoms with van der Waals surface area (Å²) in [6.07, 6.45) is 1.47. The number of imide groups is 1. The SMILES string of the molecule is CC1(c2ccc(Cl)c(Cl)c2)NC(=O)N(CC(=O)Nc2cccnc2Cl)C1=O. The van der Waals surface area contributed by atoms with Gasteiger partial charge in [-0.15, -0.1) is 0 Å². The van der Waals surface area contributed by atoms with Crippen molar-refractivity contribution in [2.75, 3.05) is 11.9 Å². The molecule has 2 heterocycles. The van der Waals surface area contributed by atoms with Crippen molar-refractivity contribution in [3.63, 3.8) is 0 Å². The Balaban J connectivity index is 1.78. The molecule has 1 saturated heterocycles. The van der Waals surface area contributed by atoms with Crippen LogP contribution in [0.4, 0.5) is 10.5 Å². The molecule has 1 atom stereocenters. The third-order valence-electron chi connectivity index (χ3n) is 4.11. The Morgan fingerprint density at radius 3 is 2.63 bits per heavy atom. The molecule has 3 rings (SSSR count). The van der Waals surface area contributed by atoms with Crippen LogP contribution >= 0.6 is 34.8 Å². The molecule has 4 amide bonds. The Morgan fingerprint density at radius 1 is 1.22 bits per heavy atom. The summed E-state index contributed by atoms with van der Waals surface area (Å²) in [4.78, 5) is 42.0. The van der Waals surface area contributed by atoms with E-state index in [1.54, 1.807) is 18.2 Å². The first kappa shape index (κ1) is 19.4. The van der Waals surface area contributed by atoms with Crippen LogP contribution in [-0.4, -0.2) is 34.3 Å². The normalized spacial score (nSPS) is 19.2. The van der Waals surface area contributed by atoms with Crippen molar-refractivity contribution in [3.8, 4) is 0 Å². The number of rotatable bonds is 4. The zero-order valence-electron chi connectivity index (χ0n) is 13.9. The number of amides is 4. The summed E-state index contributed by atoms with van der Waals surface area (Å²) >= 11 is 17.8. The highest BCUT2D eigenvalue weighted by atomic mass is 35.5. The van der Waals surface area contributed by atoms with Crippen molar-refractivity contribution in [2.45, 2.75) is 12.5 Å². The van der Waals surface area contributed by atoms with Crippen LogP contribution in [0.25, 0.3) is 0 Å². The zero-order chi connectivity index (χ0) is 19.8. The van der Waals surface area contributed by atoms with E-state index in [2.05, 4.69) is 15.6 Å². The number of urea groups is 1. The number of carbonyl (C=O) groups excluding carboxylic acids is 3. The second-order valence-corrected chi connectivity index (χ2v) is 7.14. The molecule has 0 radical (unpaired) electrons. The van der Waals surface area contributed by atoms with Crippen LogP contribution in [0.3, 0.4) is 0 Å². The lowest BCUT2D eigenvalue weighted by atomic mass is 9.92. The molecule has 140 valence electrons. The molecule has 1 aliphatic heterocycles. The second-order valence-electron chi connectivity index (χ2n) is 5.97. The standard InChI is InChI=1S/C17H13Cl3N4O3/c1-17(9-4-5-10(18)11(19)7-9)15(26)24(16(27)23-17)8-13(25)22-12-3-2-6-21-14(12)20/h2-7H,8H2,1H3,(H,22,25)(H,23,27). The number of anilines is 1. The van der Waals surface area contributed by atoms with Gasteiger partial charge in [-0.3, -0.25) is 14.5 Å². The molecule has 0 aliphatic carbocycles. The number of hydrogen-bond donors (Lipinski definition) is 2. The predicted octanol–water partition coefficient (Wildman–Crippen LogP) is 3.45. The van der Waals surface area contributed by atoms with Gasteiger partial charge in [-0.05, 0) is 36.8 Å². The molecule has 0 bridgehead atoms. The first-order valence-corrected chi connectivity index (χ1v) is 8.86. The lowest BCUT2D eigenvalue weighted by Gasteiger charge is -2.22. The molecule has 1 aliphatic rings. The van der Waals surface area contributed by atoms with E-state index in [1.165, 1.54) is 25.3 Å². The van der Waals surface area contributed by atoms with E-state index in [0.717, 1.165) is 4.90 Å². The summed E-state index contributed by atoms with van der Waals surface area (Å²) in [5, 5.41) is 5.78. The molecule has 27 heavy (non-hydrogen) atoms. The molecule has 1 unspecified atom stereocenters. The molecule has 2 aromatic rings. The highest BCUT2D eigenvalue weighted by Gasteiger charge is 2.49. The first-order valence-electron chi connectivity index (χ1n) is 7.72. The lowest BCUT2D eigenvalue weighted by Crippen LogP contribution is -2.42. The third kappa shape index (κ3) is 3.71. The third-order valence-corrected chi connectivity index (χ3v) is 5.15. The molecule has 2 N–H and O–H groups in total. The summed E-state index contributed by atoms with van der Waals surface area (Å²) < 4.78 is 0. The molecule has 1 aromatic carbocycles. The minimum absolute atomic E-state index is 0.101. The largest absolute Gasteiger partial charge is 0.325 e. The van der Waals surface area contributed by atoms with Gasteiger partial charge < -0.3 is 10.6 Å². The van der Waals surface area contributed by atoms with Crippen LogP contribution in [0.2, 0.25) is 15.2 Å². The predicted molar refractivity (Wildman–Crippen MR) is 102 cm³/mol. The quantitative estimate of drug-likeness (QED) is 0.577. The van der Waals surface area contributed by atoms with E-state index in [4.69, 9.17) is 34.8 Å². The Morgan fingerprint density at radius 2 is 1.96 bits per heavy atom. The summed E-state index contributed by atoms with van der Waals surface area (Å²) in [5.74, 6) is -1.18. The van der Waals surface area contributed by atoms with E-state index >= 15 is 0 Å². The van der Waals surface area contributed by atoms with E-state index in [-0.39, 0.29) is 15.9 Å². The second kappa shape index (κ2) is 7.34. The average Bonchev–Trinajstić information content (AvgIpc) is 2.83. The summed E-state index contributed by atoms with van der Waals surface area (Å²) in [5.41, 5.74) is -0.630. The Kier molecular flexibility index (Phi) is 5.28. The highest BCUT2D eigenvalue weighted by molar-refractivity contribution is 6.42. The number of nitrogens with one attached hydrogen (secondary N) is 2. The minimum atomic E-state index is -1.36. The van der Waals surface area contributed by atoms with Gasteiger partial charge in [0.25, 0.3) is 5.91 Å². The minimum Gasteiger partial charge on any atom is -0.322 e. The van der Waals surface area contributed by atoms with Gasteiger partial charge in [-0.1, -0.05) is 40.9 Å². The summed E-state index contributed by atoms with van der Waals surface area (Å²) in [7, 11) is 0. The van der Waals surface area contributed by atoms with Gasteiger partial charge in [0.2, 0.25) is 5.91 Å². The number of hydrogen-bond acceptors (Lipinski definition) is 4. The number of nitrogens with zero attached hydrogens (tertiary/aromatic N) is 2. The Labute approximate surface area is 169 Å². The van der Waals surface area contributed by atoms with Crippen molar-refractivity contribution in [3.05, 3.63) is 57.3 Å². The number of pyridine rings is 1. The van der Waals surface area contributed by atoms with Crippen molar-refractivity contribution >= 4 is 58.3 Å². The maximum Gasteiger partial charge on any atom is 0.325 e. The van der Waals surface area contributed by atoms with Gasteiger partial charge in [-0.2, -0.15) is 0 Å². The number of benzene rings is 1. The van der Waals surface area contributed by atoms with Gasteiger partial charge in [0, 0.05) is 6.20 Å². The fourth-order valence-corrected chi connectivity index (χ4v) is 3.12. The van der Waals surface area contributed by atoms with Crippen LogP contribution in [-0.2, 0) is 15.1 Å². The van der Waals surface area contributed by atoms with Crippen LogP contribution in [0.5, 0.6) is 0 Å². The maximum absolute atomic E-state index is 12.8. The van der Waals surface area contributed by atoms with E-state index < -0.39 is 29.9 Å². The Bertz CT molecular complexity index is 953. The summed E-state index contributed by atoms with van der Waals surface area (Å²) in [6.45, 7) is 1.05. The van der Waals surface area contributed by atoms with Crippen molar-refractivity contribution < 1.29 is 14.4 Å². The molecule has 1 fully saturated rings. The molecular formula is C17H13Cl3N4O3. The maximum atomic E-state index is 12.8. The van der Waals surface area contributed by atoms with Gasteiger partial charge in [0.15, 0.2) is 5.15 Å². The lowest BCUT2D eigenvalue weighted by molar-refractivity contribution is -0.133. The van der Waals surface area contributed by atoms with Gasteiger partial charge in [0.1, 0.15) is 12.1 Å². The molecular weight excluding hydrogens is 415 g/mol. The van der Waals surface area contributed by atoms with Crippen LogP contribution in [0.1, 0.15) is 12.5 Å². The summed E-state index contributed by atoms with van der Waals surface area (Å²) in [6, 6.07) is 7.08. The van der Waals surface area contributed by atoms with Gasteiger partial charge in [0.05, 0.1) is 15.7 Å². The molecule has 0 saturated carbocycles. The van der Waals surface area contributed by atoms with E-state index in [0.29, 0.717) is 10.6 Å². The van der Waals surface area contributed by atoms with Crippen molar-refractivity contribution in [1.29, 1.82) is 0 Å². The zero-order valence-corrected chi connectivity index (χ0v) is 16.2. The van der Waals surface area contributed by atoms with E-state index in [9.17, 15) is 14.4 Å². The van der Waals surface area contributed by atoms with Crippen molar-refractivity contribution in [1.82, 2.24) is 15.2 Å². The Hall–Kier alpha value is -2.35. The van der Waals surface area contributed by atoms with Crippen molar-refractivity contribution in [2.24, 2.45) is 0 Å². The smallest absolute Gasteiger partial charge is 0.322 e. The van der Waals surface area contributed by atoms with Crippen LogP contribution in [0, 0.1) is 0 Å². The fraction of sp³-hybridized carbons (Fsp3) is 0.176. The van der Waals surface area contributed by atoms with Gasteiger partial charge >= 0.3 is 6.03 Å². The molecule has 7 nitrogen and oxygen atoms in total. The molecule has 0 spiro atoms.